The van der Waals surface area contributed by atoms with Gasteiger partial charge >= 0.3 is 0 Å². The highest BCUT2D eigenvalue weighted by molar-refractivity contribution is 7.81. The van der Waals surface area contributed by atoms with Gasteiger partial charge in [0.1, 0.15) is 0 Å². The fraction of sp³-hybridized carbons (Fsp3) is 0.133. The maximum atomic E-state index is 6.04. The molecular weight excluding hydrogens is 322 g/mol. The lowest BCUT2D eigenvalue weighted by Crippen LogP contribution is -2.11. The predicted molar refractivity (Wildman–Crippen MR) is 93.5 cm³/mol. The van der Waals surface area contributed by atoms with Crippen molar-refractivity contribution >= 4 is 56.9 Å². The van der Waals surface area contributed by atoms with E-state index >= 15 is 0 Å². The minimum absolute atomic E-state index is 0.145. The number of nitrogens with zero attached hydrogens (tertiary/aromatic N) is 3. The van der Waals surface area contributed by atoms with E-state index in [4.69, 9.17) is 36.0 Å². The molecule has 0 saturated carbocycles. The second-order valence-electron chi connectivity index (χ2n) is 4.52. The van der Waals surface area contributed by atoms with E-state index in [0.29, 0.717) is 24.5 Å². The monoisotopic (exact) mass is 331 g/mol. The lowest BCUT2D eigenvalue weighted by Gasteiger charge is -2.13. The summed E-state index contributed by atoms with van der Waals surface area (Å²) in [5.41, 5.74) is 1.63. The molecule has 3 rings (SSSR count). The molecule has 6 heteroatoms. The summed E-state index contributed by atoms with van der Waals surface area (Å²) in [6.45, 7) is 0. The third-order valence-electron chi connectivity index (χ3n) is 3.10. The van der Waals surface area contributed by atoms with Crippen LogP contribution in [0.3, 0.4) is 0 Å². The van der Waals surface area contributed by atoms with Gasteiger partial charge in [-0.1, -0.05) is 60.9 Å². The van der Waals surface area contributed by atoms with Crippen molar-refractivity contribution in [1.82, 2.24) is 15.0 Å². The summed E-state index contributed by atoms with van der Waals surface area (Å²) in [7, 11) is 0. The van der Waals surface area contributed by atoms with Crippen molar-refractivity contribution in [2.24, 2.45) is 0 Å². The van der Waals surface area contributed by atoms with Gasteiger partial charge in [-0.05, 0) is 11.6 Å². The molecule has 0 saturated heterocycles. The van der Waals surface area contributed by atoms with Crippen molar-refractivity contribution in [3.8, 4) is 0 Å². The minimum Gasteiger partial charge on any atom is -0.208 e. The lowest BCUT2D eigenvalue weighted by atomic mass is 10.0. The van der Waals surface area contributed by atoms with Crippen LogP contribution in [0.4, 0.5) is 0 Å². The van der Waals surface area contributed by atoms with Gasteiger partial charge in [0, 0.05) is 33.7 Å². The van der Waals surface area contributed by atoms with E-state index in [9.17, 15) is 0 Å². The van der Waals surface area contributed by atoms with E-state index in [1.54, 1.807) is 0 Å². The molecule has 1 aromatic heterocycles. The van der Waals surface area contributed by atoms with Gasteiger partial charge in [0.15, 0.2) is 11.6 Å². The second kappa shape index (κ2) is 6.05. The normalized spacial score (nSPS) is 17.8. The standard InChI is InChI=1S/C15H10ClN3S2/c16-15-18-13(9-5-1-3-7-11(9)20)17-14(19-15)10-6-2-4-8-12(10)21/h1-6H,7-8H2. The van der Waals surface area contributed by atoms with Crippen molar-refractivity contribution in [2.75, 3.05) is 0 Å². The second-order valence-corrected chi connectivity index (χ2v) is 5.85. The summed E-state index contributed by atoms with van der Waals surface area (Å²) in [6, 6.07) is 0. The molecule has 2 aliphatic carbocycles. The van der Waals surface area contributed by atoms with Crippen LogP contribution in [0.5, 0.6) is 0 Å². The summed E-state index contributed by atoms with van der Waals surface area (Å²) in [4.78, 5) is 14.5. The Kier molecular flexibility index (Phi) is 4.14. The van der Waals surface area contributed by atoms with E-state index in [1.807, 2.05) is 36.5 Å². The molecule has 2 aliphatic rings. The highest BCUT2D eigenvalue weighted by atomic mass is 35.5. The summed E-state index contributed by atoms with van der Waals surface area (Å²) in [5.74, 6) is 0.996. The van der Waals surface area contributed by atoms with Crippen LogP contribution in [-0.2, 0) is 0 Å². The zero-order chi connectivity index (χ0) is 14.8. The van der Waals surface area contributed by atoms with Crippen molar-refractivity contribution in [3.63, 3.8) is 0 Å². The van der Waals surface area contributed by atoms with Crippen LogP contribution in [-0.4, -0.2) is 24.7 Å². The van der Waals surface area contributed by atoms with Crippen LogP contribution in [0.15, 0.2) is 36.5 Å². The van der Waals surface area contributed by atoms with Crippen LogP contribution in [0, 0.1) is 0 Å². The van der Waals surface area contributed by atoms with E-state index in [-0.39, 0.29) is 5.28 Å². The van der Waals surface area contributed by atoms with Crippen molar-refractivity contribution < 1.29 is 0 Å². The Morgan fingerprint density at radius 2 is 1.29 bits per heavy atom. The van der Waals surface area contributed by atoms with Gasteiger partial charge in [-0.15, -0.1) is 0 Å². The zero-order valence-electron chi connectivity index (χ0n) is 10.9. The van der Waals surface area contributed by atoms with Gasteiger partial charge < -0.3 is 0 Å². The Bertz CT molecular complexity index is 700. The summed E-state index contributed by atoms with van der Waals surface area (Å²) < 4.78 is 0. The SMILES string of the molecule is S=C1CC=CC=C1c1nc(Cl)nc(C2=CC=CCC2=S)n1. The molecule has 1 heterocycles. The Morgan fingerprint density at radius 1 is 0.810 bits per heavy atom. The molecule has 0 spiro atoms. The minimum atomic E-state index is 0.145. The number of rotatable bonds is 2. The van der Waals surface area contributed by atoms with Gasteiger partial charge in [-0.25, -0.2) is 4.98 Å². The van der Waals surface area contributed by atoms with E-state index in [2.05, 4.69) is 15.0 Å². The first-order valence-corrected chi connectivity index (χ1v) is 7.57. The Hall–Kier alpha value is -1.56. The van der Waals surface area contributed by atoms with Gasteiger partial charge in [0.05, 0.1) is 0 Å². The molecule has 0 aromatic carbocycles. The predicted octanol–water partition coefficient (Wildman–Crippen LogP) is 3.95. The molecule has 0 atom stereocenters. The number of hydrogen-bond donors (Lipinski definition) is 0. The quantitative estimate of drug-likeness (QED) is 0.767. The molecule has 104 valence electrons. The summed E-state index contributed by atoms with van der Waals surface area (Å²) >= 11 is 16.8. The molecule has 0 fully saturated rings. The first kappa shape index (κ1) is 14.4. The van der Waals surface area contributed by atoms with Crippen LogP contribution in [0.25, 0.3) is 11.1 Å². The molecule has 0 radical (unpaired) electrons. The molecule has 0 unspecified atom stereocenters. The molecule has 1 aromatic rings. The molecular formula is C15H10ClN3S2. The third-order valence-corrected chi connectivity index (χ3v) is 4.04. The molecule has 0 amide bonds. The van der Waals surface area contributed by atoms with Crippen molar-refractivity contribution in [1.29, 1.82) is 0 Å². The summed E-state index contributed by atoms with van der Waals surface area (Å²) in [6.07, 6.45) is 13.1. The molecule has 21 heavy (non-hydrogen) atoms. The van der Waals surface area contributed by atoms with Crippen LogP contribution in [0.2, 0.25) is 5.28 Å². The zero-order valence-corrected chi connectivity index (χ0v) is 13.3. The van der Waals surface area contributed by atoms with Crippen molar-refractivity contribution in [2.45, 2.75) is 12.8 Å². The highest BCUT2D eigenvalue weighted by Crippen LogP contribution is 2.24. The van der Waals surface area contributed by atoms with Gasteiger partial charge in [0.25, 0.3) is 0 Å². The van der Waals surface area contributed by atoms with Gasteiger partial charge in [-0.3, -0.25) is 0 Å². The van der Waals surface area contributed by atoms with Crippen LogP contribution >= 0.6 is 36.0 Å². The van der Waals surface area contributed by atoms with Gasteiger partial charge in [-0.2, -0.15) is 9.97 Å². The first-order chi connectivity index (χ1) is 10.1. The van der Waals surface area contributed by atoms with E-state index < -0.39 is 0 Å². The maximum absolute atomic E-state index is 6.04. The fourth-order valence-corrected chi connectivity index (χ4v) is 2.75. The number of hydrogen-bond acceptors (Lipinski definition) is 5. The number of aromatic nitrogens is 3. The molecule has 0 bridgehead atoms. The smallest absolute Gasteiger partial charge is 0.208 e. The topological polar surface area (TPSA) is 38.7 Å². The average Bonchev–Trinajstić information content (AvgIpc) is 2.47. The molecule has 0 aliphatic heterocycles. The summed E-state index contributed by atoms with van der Waals surface area (Å²) in [5, 5.41) is 0.145. The molecule has 3 nitrogen and oxygen atoms in total. The lowest BCUT2D eigenvalue weighted by molar-refractivity contribution is 0.997. The van der Waals surface area contributed by atoms with Crippen molar-refractivity contribution in [3.05, 3.63) is 53.4 Å². The molecule has 0 N–H and O–H groups in total. The van der Waals surface area contributed by atoms with Crippen LogP contribution in [0.1, 0.15) is 24.5 Å². The largest absolute Gasteiger partial charge is 0.226 e. The van der Waals surface area contributed by atoms with Gasteiger partial charge in [0.2, 0.25) is 5.28 Å². The Labute approximate surface area is 138 Å². The van der Waals surface area contributed by atoms with E-state index in [1.165, 1.54) is 0 Å². The number of allylic oxidation sites excluding steroid dienone is 8. The fourth-order valence-electron chi connectivity index (χ4n) is 2.07. The number of thiocarbonyl (C=S) groups is 2. The Morgan fingerprint density at radius 3 is 1.71 bits per heavy atom. The highest BCUT2D eigenvalue weighted by Gasteiger charge is 2.18. The maximum Gasteiger partial charge on any atom is 0.226 e. The Balaban J connectivity index is 2.09. The third kappa shape index (κ3) is 3.05. The first-order valence-electron chi connectivity index (χ1n) is 6.37. The average molecular weight is 332 g/mol. The van der Waals surface area contributed by atoms with Crippen LogP contribution < -0.4 is 0 Å². The van der Waals surface area contributed by atoms with E-state index in [0.717, 1.165) is 20.9 Å². The number of halogens is 1.